The molecule has 1 aromatic heterocycles. The molecule has 1 atom stereocenters. The van der Waals surface area contributed by atoms with Gasteiger partial charge in [-0.3, -0.25) is 20.2 Å². The molecule has 1 aliphatic rings. The molecule has 9 nitrogen and oxygen atoms in total. The fraction of sp³-hybridized carbons (Fsp3) is 0.0417. The summed E-state index contributed by atoms with van der Waals surface area (Å²) in [7, 11) is 0. The van der Waals surface area contributed by atoms with Crippen LogP contribution >= 0.6 is 23.2 Å². The van der Waals surface area contributed by atoms with Crippen LogP contribution in [-0.2, 0) is 0 Å². The number of amides is 1. The monoisotopic (exact) mass is 506 g/mol. The van der Waals surface area contributed by atoms with E-state index < -0.39 is 10.8 Å². The van der Waals surface area contributed by atoms with Gasteiger partial charge in [-0.1, -0.05) is 47.5 Å². The third kappa shape index (κ3) is 4.72. The number of nitrogens with zero attached hydrogens (tertiary/aromatic N) is 4. The number of allylic oxidation sites excluding steroid dienone is 1. The maximum atomic E-state index is 12.7. The number of carbonyl (C=O) groups is 1. The molecule has 2 N–H and O–H groups in total. The molecule has 0 radical (unpaired) electrons. The first kappa shape index (κ1) is 22.6. The van der Waals surface area contributed by atoms with Crippen molar-refractivity contribution in [3.63, 3.8) is 0 Å². The maximum absolute atomic E-state index is 12.7. The number of nitro groups is 1. The zero-order chi connectivity index (χ0) is 24.5. The van der Waals surface area contributed by atoms with Crippen LogP contribution in [0.5, 0.6) is 0 Å². The molecule has 2 heterocycles. The molecule has 3 aromatic carbocycles. The summed E-state index contributed by atoms with van der Waals surface area (Å²) in [6.45, 7) is 0. The van der Waals surface area contributed by atoms with E-state index in [1.54, 1.807) is 28.9 Å². The van der Waals surface area contributed by atoms with Crippen LogP contribution in [0.2, 0.25) is 10.0 Å². The summed E-state index contributed by atoms with van der Waals surface area (Å²) in [5.74, 6) is 0.0220. The van der Waals surface area contributed by atoms with Gasteiger partial charge in [0.25, 0.3) is 17.5 Å². The second kappa shape index (κ2) is 9.21. The summed E-state index contributed by atoms with van der Waals surface area (Å²) in [5.41, 5.74) is 2.76. The largest absolute Gasteiger partial charge is 0.324 e. The maximum Gasteiger partial charge on any atom is 0.269 e. The molecule has 1 aliphatic heterocycles. The molecule has 0 fully saturated rings. The number of hydrogen-bond acceptors (Lipinski definition) is 6. The molecule has 0 spiro atoms. The number of nitro benzene ring substituents is 1. The highest BCUT2D eigenvalue weighted by Crippen LogP contribution is 2.34. The average Bonchev–Trinajstić information content (AvgIpc) is 3.27. The first-order valence-electron chi connectivity index (χ1n) is 10.4. The normalized spacial score (nSPS) is 14.5. The van der Waals surface area contributed by atoms with Gasteiger partial charge in [-0.05, 0) is 53.6 Å². The summed E-state index contributed by atoms with van der Waals surface area (Å²) in [6.07, 6.45) is 2.00. The SMILES string of the molecule is O=C(Nc1nc2n(n1)C(c1ccc(Cl)cc1)C=C(c1ccc(Cl)cc1)N2)c1ccc([N+](=O)[O-])cc1. The quantitative estimate of drug-likeness (QED) is 0.261. The van der Waals surface area contributed by atoms with Gasteiger partial charge in [0.1, 0.15) is 6.04 Å². The van der Waals surface area contributed by atoms with Crippen LogP contribution in [0, 0.1) is 10.1 Å². The summed E-state index contributed by atoms with van der Waals surface area (Å²) in [6, 6.07) is 19.7. The average molecular weight is 507 g/mol. The third-order valence-corrected chi connectivity index (χ3v) is 5.90. The van der Waals surface area contributed by atoms with Crippen LogP contribution in [0.1, 0.15) is 27.5 Å². The number of rotatable bonds is 5. The summed E-state index contributed by atoms with van der Waals surface area (Å²) < 4.78 is 1.66. The lowest BCUT2D eigenvalue weighted by molar-refractivity contribution is -0.384. The number of halogens is 2. The first-order valence-corrected chi connectivity index (χ1v) is 11.2. The standard InChI is InChI=1S/C24H16Cl2N6O3/c25-17-7-1-14(2-8-17)20-13-21(15-3-9-18(26)10-4-15)31-24(27-20)29-23(30-31)28-22(33)16-5-11-19(12-6-16)32(34)35/h1-13,21H,(H2,27,28,29,30,33). The predicted molar refractivity (Wildman–Crippen MR) is 134 cm³/mol. The Balaban J connectivity index is 1.47. The number of hydrogen-bond donors (Lipinski definition) is 2. The molecule has 1 unspecified atom stereocenters. The van der Waals surface area contributed by atoms with Crippen molar-refractivity contribution in [3.05, 3.63) is 116 Å². The van der Waals surface area contributed by atoms with Crippen LogP contribution in [0.4, 0.5) is 17.6 Å². The van der Waals surface area contributed by atoms with Crippen molar-refractivity contribution in [1.29, 1.82) is 0 Å². The van der Waals surface area contributed by atoms with E-state index >= 15 is 0 Å². The zero-order valence-corrected chi connectivity index (χ0v) is 19.4. The minimum atomic E-state index is -0.527. The Labute approximate surface area is 209 Å². The van der Waals surface area contributed by atoms with Gasteiger partial charge in [-0.2, -0.15) is 4.98 Å². The number of carbonyl (C=O) groups excluding carboxylic acids is 1. The lowest BCUT2D eigenvalue weighted by atomic mass is 10.0. The molecular formula is C24H16Cl2N6O3. The molecule has 1 amide bonds. The van der Waals surface area contributed by atoms with Crippen molar-refractivity contribution in [2.45, 2.75) is 6.04 Å². The lowest BCUT2D eigenvalue weighted by Gasteiger charge is -2.24. The van der Waals surface area contributed by atoms with E-state index in [1.165, 1.54) is 24.3 Å². The number of nitrogens with one attached hydrogen (secondary N) is 2. The summed E-state index contributed by atoms with van der Waals surface area (Å²) in [5, 5.41) is 22.5. The van der Waals surface area contributed by atoms with Crippen LogP contribution in [0.15, 0.2) is 78.9 Å². The van der Waals surface area contributed by atoms with E-state index in [-0.39, 0.29) is 23.2 Å². The first-order chi connectivity index (χ1) is 16.9. The summed E-state index contributed by atoms with van der Waals surface area (Å²) >= 11 is 12.1. The van der Waals surface area contributed by atoms with Gasteiger partial charge in [0.2, 0.25) is 5.95 Å². The molecule has 0 aliphatic carbocycles. The van der Waals surface area contributed by atoms with E-state index in [0.29, 0.717) is 16.0 Å². The molecule has 0 saturated heterocycles. The second-order valence-electron chi connectivity index (χ2n) is 7.67. The van der Waals surface area contributed by atoms with E-state index in [1.807, 2.05) is 30.3 Å². The van der Waals surface area contributed by atoms with Gasteiger partial charge >= 0.3 is 0 Å². The minimum Gasteiger partial charge on any atom is -0.324 e. The number of non-ortho nitro benzene ring substituents is 1. The van der Waals surface area contributed by atoms with Gasteiger partial charge in [0.15, 0.2) is 0 Å². The van der Waals surface area contributed by atoms with Crippen molar-refractivity contribution in [2.24, 2.45) is 0 Å². The smallest absolute Gasteiger partial charge is 0.269 e. The van der Waals surface area contributed by atoms with Crippen LogP contribution < -0.4 is 10.6 Å². The summed E-state index contributed by atoms with van der Waals surface area (Å²) in [4.78, 5) is 27.5. The fourth-order valence-corrected chi connectivity index (χ4v) is 3.90. The Morgan fingerprint density at radius 3 is 2.23 bits per heavy atom. The van der Waals surface area contributed by atoms with Gasteiger partial charge in [0.05, 0.1) is 4.92 Å². The number of anilines is 2. The zero-order valence-electron chi connectivity index (χ0n) is 17.9. The van der Waals surface area contributed by atoms with Gasteiger partial charge in [-0.15, -0.1) is 5.10 Å². The topological polar surface area (TPSA) is 115 Å². The highest BCUT2D eigenvalue weighted by Gasteiger charge is 2.26. The van der Waals surface area contributed by atoms with Crippen LogP contribution in [0.3, 0.4) is 0 Å². The van der Waals surface area contributed by atoms with Crippen molar-refractivity contribution >= 4 is 52.4 Å². The Morgan fingerprint density at radius 2 is 1.60 bits per heavy atom. The molecule has 4 aromatic rings. The van der Waals surface area contributed by atoms with Crippen LogP contribution in [0.25, 0.3) is 5.70 Å². The minimum absolute atomic E-state index is 0.0839. The van der Waals surface area contributed by atoms with Crippen molar-refractivity contribution in [1.82, 2.24) is 14.8 Å². The Morgan fingerprint density at radius 1 is 0.971 bits per heavy atom. The van der Waals surface area contributed by atoms with Crippen molar-refractivity contribution in [2.75, 3.05) is 10.6 Å². The highest BCUT2D eigenvalue weighted by atomic mass is 35.5. The van der Waals surface area contributed by atoms with E-state index in [2.05, 4.69) is 20.7 Å². The molecular weight excluding hydrogens is 491 g/mol. The van der Waals surface area contributed by atoms with Crippen molar-refractivity contribution < 1.29 is 9.72 Å². The third-order valence-electron chi connectivity index (χ3n) is 5.40. The molecule has 11 heteroatoms. The lowest BCUT2D eigenvalue weighted by Crippen LogP contribution is -2.20. The van der Waals surface area contributed by atoms with Crippen molar-refractivity contribution in [3.8, 4) is 0 Å². The van der Waals surface area contributed by atoms with Gasteiger partial charge < -0.3 is 5.32 Å². The highest BCUT2D eigenvalue weighted by molar-refractivity contribution is 6.30. The molecule has 174 valence electrons. The van der Waals surface area contributed by atoms with Gasteiger partial charge in [0, 0.05) is 33.4 Å². The number of aromatic nitrogens is 3. The number of benzene rings is 3. The van der Waals surface area contributed by atoms with E-state index in [4.69, 9.17) is 23.2 Å². The van der Waals surface area contributed by atoms with E-state index in [0.717, 1.165) is 16.8 Å². The van der Waals surface area contributed by atoms with E-state index in [9.17, 15) is 14.9 Å². The molecule has 5 rings (SSSR count). The molecule has 0 bridgehead atoms. The Kier molecular flexibility index (Phi) is 5.94. The van der Waals surface area contributed by atoms with Crippen LogP contribution in [-0.4, -0.2) is 25.6 Å². The predicted octanol–water partition coefficient (Wildman–Crippen LogP) is 5.80. The second-order valence-corrected chi connectivity index (χ2v) is 8.54. The molecule has 35 heavy (non-hydrogen) atoms. The Bertz CT molecular complexity index is 1450. The fourth-order valence-electron chi connectivity index (χ4n) is 3.65. The Hall–Kier alpha value is -4.21. The van der Waals surface area contributed by atoms with Gasteiger partial charge in [-0.25, -0.2) is 4.68 Å². The molecule has 0 saturated carbocycles. The number of fused-ring (bicyclic) bond motifs is 1.